The molecule has 1 aliphatic rings. The first-order valence-electron chi connectivity index (χ1n) is 9.70. The minimum atomic E-state index is -4.38. The maximum Gasteiger partial charge on any atom is 0.416 e. The van der Waals surface area contributed by atoms with Gasteiger partial charge in [-0.25, -0.2) is 0 Å². The second-order valence-electron chi connectivity index (χ2n) is 7.25. The lowest BCUT2D eigenvalue weighted by Gasteiger charge is -2.36. The van der Waals surface area contributed by atoms with Crippen molar-refractivity contribution in [3.8, 4) is 0 Å². The highest BCUT2D eigenvalue weighted by molar-refractivity contribution is 5.95. The second-order valence-corrected chi connectivity index (χ2v) is 7.25. The molecular formula is C21H24F3N3O3. The molecule has 3 rings (SSSR count). The van der Waals surface area contributed by atoms with Crippen molar-refractivity contribution in [3.63, 3.8) is 0 Å². The largest absolute Gasteiger partial charge is 0.466 e. The molecule has 0 radical (unpaired) electrons. The van der Waals surface area contributed by atoms with Crippen LogP contribution in [0.2, 0.25) is 0 Å². The van der Waals surface area contributed by atoms with Crippen molar-refractivity contribution in [2.75, 3.05) is 37.6 Å². The van der Waals surface area contributed by atoms with E-state index in [1.807, 2.05) is 4.90 Å². The number of amides is 2. The number of carbonyl (C=O) groups excluding carboxylic acids is 2. The summed E-state index contributed by atoms with van der Waals surface area (Å²) in [5, 5.41) is 2.71. The predicted octanol–water partition coefficient (Wildman–Crippen LogP) is 3.38. The predicted molar refractivity (Wildman–Crippen MR) is 105 cm³/mol. The number of piperazine rings is 1. The summed E-state index contributed by atoms with van der Waals surface area (Å²) in [6, 6.07) is 6.86. The van der Waals surface area contributed by atoms with Gasteiger partial charge in [-0.3, -0.25) is 9.59 Å². The van der Waals surface area contributed by atoms with Gasteiger partial charge >= 0.3 is 6.18 Å². The van der Waals surface area contributed by atoms with Gasteiger partial charge in [0.05, 0.1) is 11.1 Å². The minimum absolute atomic E-state index is 0.0981. The highest BCUT2D eigenvalue weighted by atomic mass is 19.4. The quantitative estimate of drug-likeness (QED) is 0.801. The minimum Gasteiger partial charge on any atom is -0.466 e. The van der Waals surface area contributed by atoms with E-state index in [1.165, 1.54) is 6.07 Å². The number of halogens is 3. The number of furan rings is 1. The summed E-state index contributed by atoms with van der Waals surface area (Å²) in [7, 11) is 0. The molecule has 0 bridgehead atoms. The Kier molecular flexibility index (Phi) is 6.38. The third kappa shape index (κ3) is 5.14. The number of nitrogens with one attached hydrogen (secondary N) is 1. The summed E-state index contributed by atoms with van der Waals surface area (Å²) in [6.45, 7) is 5.41. The van der Waals surface area contributed by atoms with Crippen molar-refractivity contribution in [3.05, 3.63) is 53.0 Å². The molecule has 1 fully saturated rings. The lowest BCUT2D eigenvalue weighted by Crippen LogP contribution is -2.49. The maximum atomic E-state index is 12.9. The third-order valence-corrected chi connectivity index (χ3v) is 5.08. The number of alkyl halides is 3. The zero-order chi connectivity index (χ0) is 21.9. The van der Waals surface area contributed by atoms with Gasteiger partial charge in [0.25, 0.3) is 5.91 Å². The Labute approximate surface area is 172 Å². The summed E-state index contributed by atoms with van der Waals surface area (Å²) >= 11 is 0. The van der Waals surface area contributed by atoms with Gasteiger partial charge in [-0.05, 0) is 38.1 Å². The van der Waals surface area contributed by atoms with E-state index in [9.17, 15) is 22.8 Å². The van der Waals surface area contributed by atoms with E-state index in [1.54, 1.807) is 30.9 Å². The van der Waals surface area contributed by atoms with Crippen molar-refractivity contribution in [2.45, 2.75) is 26.4 Å². The molecule has 2 heterocycles. The fourth-order valence-corrected chi connectivity index (χ4v) is 3.49. The van der Waals surface area contributed by atoms with Crippen LogP contribution in [0.1, 0.15) is 33.9 Å². The first-order valence-corrected chi connectivity index (χ1v) is 9.70. The highest BCUT2D eigenvalue weighted by Crippen LogP contribution is 2.31. The third-order valence-electron chi connectivity index (χ3n) is 5.08. The van der Waals surface area contributed by atoms with Gasteiger partial charge < -0.3 is 19.5 Å². The average Bonchev–Trinajstić information content (AvgIpc) is 3.05. The highest BCUT2D eigenvalue weighted by Gasteiger charge is 2.31. The fourth-order valence-electron chi connectivity index (χ4n) is 3.49. The topological polar surface area (TPSA) is 65.8 Å². The van der Waals surface area contributed by atoms with E-state index in [0.717, 1.165) is 12.1 Å². The van der Waals surface area contributed by atoms with Crippen LogP contribution in [0.25, 0.3) is 0 Å². The maximum absolute atomic E-state index is 12.9. The first-order chi connectivity index (χ1) is 14.1. The van der Waals surface area contributed by atoms with Crippen molar-refractivity contribution in [2.24, 2.45) is 0 Å². The van der Waals surface area contributed by atoms with Crippen molar-refractivity contribution >= 4 is 17.5 Å². The second kappa shape index (κ2) is 8.81. The number of hydrogen-bond acceptors (Lipinski definition) is 4. The molecule has 2 amide bonds. The summed E-state index contributed by atoms with van der Waals surface area (Å²) in [4.78, 5) is 28.1. The van der Waals surface area contributed by atoms with Gasteiger partial charge in [-0.15, -0.1) is 0 Å². The molecule has 1 aromatic carbocycles. The average molecular weight is 423 g/mol. The number of nitrogens with zero attached hydrogens (tertiary/aromatic N) is 2. The Morgan fingerprint density at radius 1 is 1.10 bits per heavy atom. The van der Waals surface area contributed by atoms with E-state index in [2.05, 4.69) is 5.32 Å². The molecule has 162 valence electrons. The zero-order valence-corrected chi connectivity index (χ0v) is 16.9. The lowest BCUT2D eigenvalue weighted by molar-refractivity contribution is -0.137. The Balaban J connectivity index is 1.46. The van der Waals surface area contributed by atoms with Crippen LogP contribution < -0.4 is 10.2 Å². The molecule has 30 heavy (non-hydrogen) atoms. The number of benzene rings is 1. The Morgan fingerprint density at radius 2 is 1.80 bits per heavy atom. The van der Waals surface area contributed by atoms with E-state index in [0.29, 0.717) is 49.0 Å². The van der Waals surface area contributed by atoms with Crippen LogP contribution in [0.4, 0.5) is 18.9 Å². The van der Waals surface area contributed by atoms with E-state index in [4.69, 9.17) is 4.42 Å². The van der Waals surface area contributed by atoms with Crippen LogP contribution >= 0.6 is 0 Å². The van der Waals surface area contributed by atoms with Crippen LogP contribution in [0.5, 0.6) is 0 Å². The summed E-state index contributed by atoms with van der Waals surface area (Å²) in [6.07, 6.45) is -4.23. The Bertz CT molecular complexity index is 916. The summed E-state index contributed by atoms with van der Waals surface area (Å²) < 4.78 is 44.0. The number of rotatable bonds is 5. The molecule has 0 atom stereocenters. The first kappa shape index (κ1) is 21.7. The normalized spacial score (nSPS) is 14.7. The van der Waals surface area contributed by atoms with Crippen LogP contribution in [0, 0.1) is 13.8 Å². The Morgan fingerprint density at radius 3 is 2.40 bits per heavy atom. The van der Waals surface area contributed by atoms with Gasteiger partial charge in [0.1, 0.15) is 11.5 Å². The molecule has 6 nitrogen and oxygen atoms in total. The van der Waals surface area contributed by atoms with E-state index >= 15 is 0 Å². The molecular weight excluding hydrogens is 399 g/mol. The molecule has 0 aliphatic carbocycles. The fraction of sp³-hybridized carbons (Fsp3) is 0.429. The van der Waals surface area contributed by atoms with E-state index in [-0.39, 0.29) is 24.8 Å². The smallest absolute Gasteiger partial charge is 0.416 e. The van der Waals surface area contributed by atoms with Crippen LogP contribution in [-0.4, -0.2) is 49.4 Å². The number of aryl methyl sites for hydroxylation is 2. The standard InChI is InChI=1S/C21H24F3N3O3/c1-14-12-18(15(2)30-14)20(29)25-7-6-19(28)27-10-8-26(9-11-27)17-5-3-4-16(13-17)21(22,23)24/h3-5,12-13H,6-11H2,1-2H3,(H,25,29). The Hall–Kier alpha value is -2.97. The monoisotopic (exact) mass is 423 g/mol. The molecule has 0 spiro atoms. The van der Waals surface area contributed by atoms with Gasteiger partial charge in [-0.1, -0.05) is 6.07 Å². The van der Waals surface area contributed by atoms with Crippen LogP contribution in [0.3, 0.4) is 0 Å². The summed E-state index contributed by atoms with van der Waals surface area (Å²) in [5.74, 6) is 0.792. The van der Waals surface area contributed by atoms with E-state index < -0.39 is 11.7 Å². The molecule has 1 aliphatic heterocycles. The number of anilines is 1. The van der Waals surface area contributed by atoms with Crippen LogP contribution in [0.15, 0.2) is 34.7 Å². The molecule has 1 N–H and O–H groups in total. The number of carbonyl (C=O) groups is 2. The lowest BCUT2D eigenvalue weighted by atomic mass is 10.1. The molecule has 2 aromatic rings. The van der Waals surface area contributed by atoms with Gasteiger partial charge in [0, 0.05) is 44.8 Å². The van der Waals surface area contributed by atoms with Gasteiger partial charge in [0.15, 0.2) is 0 Å². The molecule has 9 heteroatoms. The van der Waals surface area contributed by atoms with Gasteiger partial charge in [0.2, 0.25) is 5.91 Å². The molecule has 1 aromatic heterocycles. The SMILES string of the molecule is Cc1cc(C(=O)NCCC(=O)N2CCN(c3cccc(C(F)(F)F)c3)CC2)c(C)o1. The molecule has 0 saturated carbocycles. The van der Waals surface area contributed by atoms with Gasteiger partial charge in [-0.2, -0.15) is 13.2 Å². The van der Waals surface area contributed by atoms with Crippen LogP contribution in [-0.2, 0) is 11.0 Å². The van der Waals surface area contributed by atoms with Crippen molar-refractivity contribution in [1.29, 1.82) is 0 Å². The summed E-state index contributed by atoms with van der Waals surface area (Å²) in [5.41, 5.74) is 0.266. The number of hydrogen-bond donors (Lipinski definition) is 1. The van der Waals surface area contributed by atoms with Crippen molar-refractivity contribution < 1.29 is 27.2 Å². The molecule has 0 unspecified atom stereocenters. The molecule has 1 saturated heterocycles. The zero-order valence-electron chi connectivity index (χ0n) is 16.9. The van der Waals surface area contributed by atoms with Crippen molar-refractivity contribution in [1.82, 2.24) is 10.2 Å².